The maximum Gasteiger partial charge on any atom is 0.275 e. The van der Waals surface area contributed by atoms with Gasteiger partial charge in [0.15, 0.2) is 15.0 Å². The van der Waals surface area contributed by atoms with E-state index >= 15 is 0 Å². The highest BCUT2D eigenvalue weighted by molar-refractivity contribution is 7.91. The van der Waals surface area contributed by atoms with Gasteiger partial charge < -0.3 is 26.2 Å². The first-order valence-corrected chi connectivity index (χ1v) is 13.5. The van der Waals surface area contributed by atoms with Gasteiger partial charge in [0.2, 0.25) is 5.91 Å². The van der Waals surface area contributed by atoms with E-state index < -0.39 is 15.4 Å². The van der Waals surface area contributed by atoms with Crippen LogP contribution >= 0.6 is 11.3 Å². The fourth-order valence-electron chi connectivity index (χ4n) is 4.21. The van der Waals surface area contributed by atoms with Crippen LogP contribution in [0.5, 0.6) is 0 Å². The molecule has 12 heteroatoms. The summed E-state index contributed by atoms with van der Waals surface area (Å²) in [5.41, 5.74) is 6.73. The van der Waals surface area contributed by atoms with E-state index in [1.54, 1.807) is 12.4 Å². The molecule has 33 heavy (non-hydrogen) atoms. The van der Waals surface area contributed by atoms with Gasteiger partial charge in [0.1, 0.15) is 11.2 Å². The number of piperidine rings is 1. The minimum absolute atomic E-state index is 0.0991. The average molecular weight is 493 g/mol. The van der Waals surface area contributed by atoms with Crippen LogP contribution in [0, 0.1) is 0 Å². The Labute approximate surface area is 197 Å². The van der Waals surface area contributed by atoms with Crippen molar-refractivity contribution in [1.29, 1.82) is 0 Å². The number of carbonyl (C=O) groups excluding carboxylic acids is 2. The third-order valence-corrected chi connectivity index (χ3v) is 8.91. The molecule has 2 amide bonds. The van der Waals surface area contributed by atoms with Crippen LogP contribution in [-0.4, -0.2) is 75.5 Å². The van der Waals surface area contributed by atoms with Crippen molar-refractivity contribution in [1.82, 2.24) is 10.3 Å². The summed E-state index contributed by atoms with van der Waals surface area (Å²) in [7, 11) is -1.23. The molecule has 0 radical (unpaired) electrons. The molecule has 4 N–H and O–H groups in total. The third kappa shape index (κ3) is 4.97. The Balaban J connectivity index is 1.44. The van der Waals surface area contributed by atoms with Gasteiger partial charge in [-0.3, -0.25) is 9.59 Å². The van der Waals surface area contributed by atoms with Crippen LogP contribution < -0.4 is 26.2 Å². The summed E-state index contributed by atoms with van der Waals surface area (Å²) in [6.45, 7) is 2.01. The predicted octanol–water partition coefficient (Wildman–Crippen LogP) is 0.674. The maximum atomic E-state index is 12.9. The molecule has 0 bridgehead atoms. The average Bonchev–Trinajstić information content (AvgIpc) is 3.30. The number of primary amides is 1. The molecular formula is C21H28N6O4S2. The van der Waals surface area contributed by atoms with E-state index in [0.29, 0.717) is 55.5 Å². The number of sulfone groups is 1. The Bertz CT molecular complexity index is 1130. The lowest BCUT2D eigenvalue weighted by Crippen LogP contribution is -2.59. The number of anilines is 3. The zero-order chi connectivity index (χ0) is 23.6. The lowest BCUT2D eigenvalue weighted by Gasteiger charge is -2.41. The Morgan fingerprint density at radius 1 is 1.09 bits per heavy atom. The number of benzene rings is 1. The van der Waals surface area contributed by atoms with Crippen molar-refractivity contribution in [3.8, 4) is 0 Å². The van der Waals surface area contributed by atoms with Crippen molar-refractivity contribution in [2.24, 2.45) is 5.73 Å². The number of nitrogens with one attached hydrogen (secondary N) is 2. The second-order valence-corrected chi connectivity index (χ2v) is 11.4. The van der Waals surface area contributed by atoms with E-state index in [1.165, 1.54) is 11.3 Å². The van der Waals surface area contributed by atoms with Crippen LogP contribution in [0.2, 0.25) is 0 Å². The van der Waals surface area contributed by atoms with Crippen LogP contribution in [0.1, 0.15) is 23.3 Å². The monoisotopic (exact) mass is 492 g/mol. The van der Waals surface area contributed by atoms with E-state index in [-0.39, 0.29) is 23.3 Å². The first-order chi connectivity index (χ1) is 15.7. The Hall–Kier alpha value is -2.70. The largest absolute Gasteiger partial charge is 0.370 e. The Morgan fingerprint density at radius 2 is 1.76 bits per heavy atom. The van der Waals surface area contributed by atoms with E-state index in [1.807, 2.05) is 29.2 Å². The molecule has 1 aromatic heterocycles. The minimum atomic E-state index is -2.98. The molecule has 2 aliphatic rings. The summed E-state index contributed by atoms with van der Waals surface area (Å²) < 4.78 is 23.3. The van der Waals surface area contributed by atoms with Gasteiger partial charge >= 0.3 is 0 Å². The van der Waals surface area contributed by atoms with E-state index in [9.17, 15) is 18.0 Å². The topological polar surface area (TPSA) is 138 Å². The quantitative estimate of drug-likeness (QED) is 0.535. The molecule has 0 atom stereocenters. The molecule has 0 unspecified atom stereocenters. The molecule has 2 saturated heterocycles. The number of hydrogen-bond donors (Lipinski definition) is 3. The highest BCUT2D eigenvalue weighted by Crippen LogP contribution is 2.32. The Kier molecular flexibility index (Phi) is 6.59. The van der Waals surface area contributed by atoms with Crippen LogP contribution in [0.15, 0.2) is 29.6 Å². The Morgan fingerprint density at radius 3 is 2.39 bits per heavy atom. The lowest BCUT2D eigenvalue weighted by atomic mass is 9.86. The molecule has 2 aliphatic heterocycles. The third-order valence-electron chi connectivity index (χ3n) is 6.40. The van der Waals surface area contributed by atoms with Crippen LogP contribution in [0.25, 0.3) is 0 Å². The second kappa shape index (κ2) is 9.27. The fourth-order valence-corrected chi connectivity index (χ4v) is 6.27. The minimum Gasteiger partial charge on any atom is -0.370 e. The fraction of sp³-hybridized carbons (Fsp3) is 0.476. The van der Waals surface area contributed by atoms with Crippen molar-refractivity contribution in [2.75, 3.05) is 59.8 Å². The molecule has 4 rings (SSSR count). The highest BCUT2D eigenvalue weighted by atomic mass is 32.2. The summed E-state index contributed by atoms with van der Waals surface area (Å²) in [5.74, 6) is -0.478. The summed E-state index contributed by atoms with van der Waals surface area (Å²) in [5, 5.41) is 8.36. The van der Waals surface area contributed by atoms with Crippen molar-refractivity contribution in [2.45, 2.75) is 18.4 Å². The van der Waals surface area contributed by atoms with Crippen LogP contribution in [0.4, 0.5) is 16.5 Å². The molecule has 2 fully saturated rings. The van der Waals surface area contributed by atoms with Gasteiger partial charge in [-0.2, -0.15) is 0 Å². The number of hydrogen-bond acceptors (Lipinski definition) is 9. The molecule has 0 aliphatic carbocycles. The molecule has 0 spiro atoms. The van der Waals surface area contributed by atoms with Gasteiger partial charge in [0.25, 0.3) is 5.91 Å². The lowest BCUT2D eigenvalue weighted by molar-refractivity contribution is -0.125. The zero-order valence-electron chi connectivity index (χ0n) is 18.4. The number of rotatable bonds is 6. The molecule has 178 valence electrons. The number of carbonyl (C=O) groups is 2. The van der Waals surface area contributed by atoms with Gasteiger partial charge in [-0.15, -0.1) is 11.3 Å². The van der Waals surface area contributed by atoms with Crippen molar-refractivity contribution < 1.29 is 18.0 Å². The molecule has 3 heterocycles. The molecule has 1 aromatic carbocycles. The number of nitrogens with zero attached hydrogens (tertiary/aromatic N) is 3. The number of thiazole rings is 1. The van der Waals surface area contributed by atoms with E-state index in [4.69, 9.17) is 5.73 Å². The molecule has 2 aromatic rings. The van der Waals surface area contributed by atoms with Crippen molar-refractivity contribution in [3.63, 3.8) is 0 Å². The number of likely N-dealkylation sites (N-methyl/N-ethyl adjacent to an activating group) is 1. The smallest absolute Gasteiger partial charge is 0.275 e. The number of aromatic nitrogens is 1. The molecule has 10 nitrogen and oxygen atoms in total. The number of para-hydroxylation sites is 2. The zero-order valence-corrected chi connectivity index (χ0v) is 20.0. The number of amides is 2. The highest BCUT2D eigenvalue weighted by Gasteiger charge is 2.38. The van der Waals surface area contributed by atoms with Gasteiger partial charge in [-0.05, 0) is 32.0 Å². The second-order valence-electron chi connectivity index (χ2n) is 8.31. The van der Waals surface area contributed by atoms with Crippen LogP contribution in [-0.2, 0) is 14.6 Å². The van der Waals surface area contributed by atoms with Crippen LogP contribution in [0.3, 0.4) is 0 Å². The summed E-state index contributed by atoms with van der Waals surface area (Å²) in [6, 6.07) is 7.53. The summed E-state index contributed by atoms with van der Waals surface area (Å²) >= 11 is 1.33. The first kappa shape index (κ1) is 23.5. The summed E-state index contributed by atoms with van der Waals surface area (Å²) in [4.78, 5) is 33.3. The summed E-state index contributed by atoms with van der Waals surface area (Å²) in [6.07, 6.45) is 1.14. The molecule has 0 saturated carbocycles. The van der Waals surface area contributed by atoms with Gasteiger partial charge in [-0.1, -0.05) is 12.1 Å². The van der Waals surface area contributed by atoms with Gasteiger partial charge in [-0.25, -0.2) is 13.4 Å². The standard InChI is InChI=1S/C21H28N6O4S2/c1-23-21(19(22)29)6-8-26(9-7-21)17-5-3-2-4-15(17)24-18(28)16-14-32-20(25-16)27-10-12-33(30,31)13-11-27/h2-5,14,23H,6-13H2,1H3,(H2,22,29)(H,24,28). The van der Waals surface area contributed by atoms with Crippen molar-refractivity contribution >= 4 is 49.5 Å². The SMILES string of the molecule is CNC1(C(N)=O)CCN(c2ccccc2NC(=O)c2csc(N3CCS(=O)(=O)CC3)n2)CC1. The number of nitrogens with two attached hydrogens (primary N) is 1. The van der Waals surface area contributed by atoms with E-state index in [0.717, 1.165) is 5.69 Å². The first-order valence-electron chi connectivity index (χ1n) is 10.8. The van der Waals surface area contributed by atoms with Crippen molar-refractivity contribution in [3.05, 3.63) is 35.3 Å². The predicted molar refractivity (Wildman–Crippen MR) is 130 cm³/mol. The normalized spacial score (nSPS) is 19.8. The van der Waals surface area contributed by atoms with Gasteiger partial charge in [0, 0.05) is 31.6 Å². The molecular weight excluding hydrogens is 464 g/mol. The maximum absolute atomic E-state index is 12.9. The van der Waals surface area contributed by atoms with E-state index in [2.05, 4.69) is 20.5 Å². The van der Waals surface area contributed by atoms with Gasteiger partial charge in [0.05, 0.1) is 22.9 Å².